The Bertz CT molecular complexity index is 413. The molecule has 0 radical (unpaired) electrons. The smallest absolute Gasteiger partial charge is 0.176 e. The van der Waals surface area contributed by atoms with Crippen molar-refractivity contribution >= 4 is 5.78 Å². The van der Waals surface area contributed by atoms with Crippen LogP contribution in [0.3, 0.4) is 0 Å². The molecule has 2 rings (SSSR count). The van der Waals surface area contributed by atoms with Gasteiger partial charge in [-0.25, -0.2) is 0 Å². The van der Waals surface area contributed by atoms with Crippen molar-refractivity contribution in [2.75, 3.05) is 6.54 Å². The molecule has 0 spiro atoms. The Morgan fingerprint density at radius 3 is 2.26 bits per heavy atom. The summed E-state index contributed by atoms with van der Waals surface area (Å²) in [5.74, 6) is 0.253. The molecule has 1 aromatic carbocycles. The van der Waals surface area contributed by atoms with Gasteiger partial charge in [0.05, 0.1) is 6.54 Å². The standard InChI is InChI=1S/C17H25NO/c1-4-15-8-10-16(11-9-15)17(19)12-18-13(2)6-5-7-14(18)3/h8-11,13-14H,4-7,12H2,1-3H3. The molecular weight excluding hydrogens is 234 g/mol. The predicted octanol–water partition coefficient (Wildman–Crippen LogP) is 3.69. The number of nitrogens with zero attached hydrogens (tertiary/aromatic N) is 1. The van der Waals surface area contributed by atoms with Crippen molar-refractivity contribution in [3.8, 4) is 0 Å². The number of carbonyl (C=O) groups excluding carboxylic acids is 1. The van der Waals surface area contributed by atoms with Crippen LogP contribution in [0.1, 0.15) is 56.0 Å². The van der Waals surface area contributed by atoms with Crippen LogP contribution in [0.4, 0.5) is 0 Å². The Balaban J connectivity index is 2.02. The van der Waals surface area contributed by atoms with Crippen LogP contribution < -0.4 is 0 Å². The van der Waals surface area contributed by atoms with Crippen LogP contribution in [0.25, 0.3) is 0 Å². The highest BCUT2D eigenvalue weighted by atomic mass is 16.1. The number of rotatable bonds is 4. The molecule has 0 aromatic heterocycles. The second-order valence-corrected chi connectivity index (χ2v) is 5.77. The number of piperidine rings is 1. The third-order valence-electron chi connectivity index (χ3n) is 4.39. The predicted molar refractivity (Wildman–Crippen MR) is 79.6 cm³/mol. The van der Waals surface area contributed by atoms with E-state index in [1.165, 1.54) is 24.8 Å². The van der Waals surface area contributed by atoms with Gasteiger partial charge in [0.2, 0.25) is 0 Å². The lowest BCUT2D eigenvalue weighted by atomic mass is 9.96. The lowest BCUT2D eigenvalue weighted by Gasteiger charge is -2.38. The van der Waals surface area contributed by atoms with E-state index in [1.54, 1.807) is 0 Å². The van der Waals surface area contributed by atoms with Crippen molar-refractivity contribution in [1.29, 1.82) is 0 Å². The summed E-state index contributed by atoms with van der Waals surface area (Å²) in [6, 6.07) is 9.14. The zero-order chi connectivity index (χ0) is 13.8. The molecule has 0 amide bonds. The molecular formula is C17H25NO. The largest absolute Gasteiger partial charge is 0.293 e. The number of hydrogen-bond acceptors (Lipinski definition) is 2. The molecule has 1 aromatic rings. The van der Waals surface area contributed by atoms with E-state index < -0.39 is 0 Å². The van der Waals surface area contributed by atoms with Gasteiger partial charge in [0, 0.05) is 17.6 Å². The van der Waals surface area contributed by atoms with E-state index in [2.05, 4.69) is 37.8 Å². The maximum atomic E-state index is 12.4. The molecule has 2 heteroatoms. The molecule has 19 heavy (non-hydrogen) atoms. The Labute approximate surface area is 116 Å². The first kappa shape index (κ1) is 14.3. The van der Waals surface area contributed by atoms with Crippen LogP contribution in [-0.2, 0) is 6.42 Å². The first-order chi connectivity index (χ1) is 9.11. The molecule has 1 heterocycles. The van der Waals surface area contributed by atoms with Gasteiger partial charge >= 0.3 is 0 Å². The topological polar surface area (TPSA) is 20.3 Å². The minimum Gasteiger partial charge on any atom is -0.293 e. The normalized spacial score (nSPS) is 24.4. The molecule has 2 nitrogen and oxygen atoms in total. The average molecular weight is 259 g/mol. The lowest BCUT2D eigenvalue weighted by Crippen LogP contribution is -2.46. The van der Waals surface area contributed by atoms with Crippen LogP contribution in [0.2, 0.25) is 0 Å². The van der Waals surface area contributed by atoms with Crippen molar-refractivity contribution in [3.05, 3.63) is 35.4 Å². The van der Waals surface area contributed by atoms with Gasteiger partial charge in [0.25, 0.3) is 0 Å². The molecule has 104 valence electrons. The number of benzene rings is 1. The highest BCUT2D eigenvalue weighted by Crippen LogP contribution is 2.22. The van der Waals surface area contributed by atoms with Gasteiger partial charge in [-0.15, -0.1) is 0 Å². The highest BCUT2D eigenvalue weighted by molar-refractivity contribution is 5.97. The van der Waals surface area contributed by atoms with Crippen LogP contribution in [-0.4, -0.2) is 29.3 Å². The van der Waals surface area contributed by atoms with Gasteiger partial charge in [0.1, 0.15) is 0 Å². The quantitative estimate of drug-likeness (QED) is 0.769. The van der Waals surface area contributed by atoms with Crippen LogP contribution in [0.15, 0.2) is 24.3 Å². The van der Waals surface area contributed by atoms with Crippen LogP contribution in [0, 0.1) is 0 Å². The van der Waals surface area contributed by atoms with E-state index in [0.717, 1.165) is 12.0 Å². The number of Topliss-reactive ketones (excluding diaryl/α,β-unsaturated/α-hetero) is 1. The SMILES string of the molecule is CCc1ccc(C(=O)CN2C(C)CCCC2C)cc1. The molecule has 0 bridgehead atoms. The Hall–Kier alpha value is -1.15. The van der Waals surface area contributed by atoms with E-state index in [4.69, 9.17) is 0 Å². The molecule has 2 unspecified atom stereocenters. The summed E-state index contributed by atoms with van der Waals surface area (Å²) in [5, 5.41) is 0. The fourth-order valence-electron chi connectivity index (χ4n) is 2.97. The highest BCUT2D eigenvalue weighted by Gasteiger charge is 2.26. The zero-order valence-corrected chi connectivity index (χ0v) is 12.4. The summed E-state index contributed by atoms with van der Waals surface area (Å²) in [4.78, 5) is 14.7. The van der Waals surface area contributed by atoms with Gasteiger partial charge < -0.3 is 0 Å². The van der Waals surface area contributed by atoms with Crippen molar-refractivity contribution in [3.63, 3.8) is 0 Å². The monoisotopic (exact) mass is 259 g/mol. The second-order valence-electron chi connectivity index (χ2n) is 5.77. The van der Waals surface area contributed by atoms with E-state index in [1.807, 2.05) is 12.1 Å². The average Bonchev–Trinajstić information content (AvgIpc) is 2.43. The lowest BCUT2D eigenvalue weighted by molar-refractivity contribution is 0.0734. The number of carbonyl (C=O) groups is 1. The molecule has 0 saturated carbocycles. The molecule has 2 atom stereocenters. The summed E-state index contributed by atoms with van der Waals surface area (Å²) >= 11 is 0. The molecule has 1 aliphatic rings. The van der Waals surface area contributed by atoms with Crippen molar-refractivity contribution in [2.24, 2.45) is 0 Å². The van der Waals surface area contributed by atoms with Gasteiger partial charge in [0.15, 0.2) is 5.78 Å². The summed E-state index contributed by atoms with van der Waals surface area (Å²) in [6.45, 7) is 7.17. The van der Waals surface area contributed by atoms with Crippen LogP contribution >= 0.6 is 0 Å². The minimum absolute atomic E-state index is 0.253. The first-order valence-electron chi connectivity index (χ1n) is 7.49. The number of hydrogen-bond donors (Lipinski definition) is 0. The molecule has 1 aliphatic heterocycles. The number of ketones is 1. The maximum Gasteiger partial charge on any atom is 0.176 e. The van der Waals surface area contributed by atoms with Crippen molar-refractivity contribution < 1.29 is 4.79 Å². The van der Waals surface area contributed by atoms with Crippen molar-refractivity contribution in [2.45, 2.75) is 58.5 Å². The number of aryl methyl sites for hydroxylation is 1. The Morgan fingerprint density at radius 2 is 1.74 bits per heavy atom. The first-order valence-corrected chi connectivity index (χ1v) is 7.49. The summed E-state index contributed by atoms with van der Waals surface area (Å²) in [7, 11) is 0. The maximum absolute atomic E-state index is 12.4. The minimum atomic E-state index is 0.253. The van der Waals surface area contributed by atoms with E-state index in [0.29, 0.717) is 18.6 Å². The second kappa shape index (κ2) is 6.33. The van der Waals surface area contributed by atoms with Gasteiger partial charge in [-0.1, -0.05) is 37.6 Å². The van der Waals surface area contributed by atoms with Gasteiger partial charge in [-0.2, -0.15) is 0 Å². The van der Waals surface area contributed by atoms with Gasteiger partial charge in [-0.3, -0.25) is 9.69 Å². The van der Waals surface area contributed by atoms with Crippen LogP contribution in [0.5, 0.6) is 0 Å². The fourth-order valence-corrected chi connectivity index (χ4v) is 2.97. The fraction of sp³-hybridized carbons (Fsp3) is 0.588. The number of likely N-dealkylation sites (tertiary alicyclic amines) is 1. The molecule has 1 saturated heterocycles. The van der Waals surface area contributed by atoms with E-state index in [-0.39, 0.29) is 5.78 Å². The summed E-state index contributed by atoms with van der Waals surface area (Å²) in [6.07, 6.45) is 4.74. The summed E-state index contributed by atoms with van der Waals surface area (Å²) in [5.41, 5.74) is 2.14. The van der Waals surface area contributed by atoms with Gasteiger partial charge in [-0.05, 0) is 38.7 Å². The zero-order valence-electron chi connectivity index (χ0n) is 12.4. The molecule has 1 fully saturated rings. The third kappa shape index (κ3) is 3.44. The van der Waals surface area contributed by atoms with Crippen molar-refractivity contribution in [1.82, 2.24) is 4.90 Å². The third-order valence-corrected chi connectivity index (χ3v) is 4.39. The Morgan fingerprint density at radius 1 is 1.16 bits per heavy atom. The summed E-state index contributed by atoms with van der Waals surface area (Å²) < 4.78 is 0. The molecule has 0 aliphatic carbocycles. The van der Waals surface area contributed by atoms with E-state index >= 15 is 0 Å². The molecule has 0 N–H and O–H groups in total. The Kier molecular flexibility index (Phi) is 4.76. The van der Waals surface area contributed by atoms with E-state index in [9.17, 15) is 4.79 Å².